The number of nitrogens with two attached hydrogens (primary N) is 1. The van der Waals surface area contributed by atoms with Gasteiger partial charge in [0.05, 0.1) is 5.54 Å². The van der Waals surface area contributed by atoms with Crippen molar-refractivity contribution in [3.63, 3.8) is 0 Å². The molecule has 3 heteroatoms. The van der Waals surface area contributed by atoms with E-state index in [1.165, 1.54) is 0 Å². The molecule has 0 aromatic heterocycles. The lowest BCUT2D eigenvalue weighted by molar-refractivity contribution is -0.122. The first-order chi connectivity index (χ1) is 4.00. The van der Waals surface area contributed by atoms with Crippen molar-refractivity contribution < 1.29 is 4.79 Å². The van der Waals surface area contributed by atoms with Crippen molar-refractivity contribution in [3.05, 3.63) is 0 Å². The molecule has 0 bridgehead atoms. The van der Waals surface area contributed by atoms with Crippen LogP contribution in [0, 0.1) is 0 Å². The van der Waals surface area contributed by atoms with Crippen molar-refractivity contribution in [2.75, 3.05) is 6.67 Å². The van der Waals surface area contributed by atoms with Crippen LogP contribution in [-0.2, 0) is 4.79 Å². The monoisotopic (exact) mass is 130 g/mol. The summed E-state index contributed by atoms with van der Waals surface area (Å²) in [6, 6.07) is 0. The highest BCUT2D eigenvalue weighted by atomic mass is 16.1. The number of ketones is 1. The van der Waals surface area contributed by atoms with Crippen LogP contribution >= 0.6 is 0 Å². The normalized spacial score (nSPS) is 11.6. The van der Waals surface area contributed by atoms with Gasteiger partial charge in [0.1, 0.15) is 5.78 Å². The van der Waals surface area contributed by atoms with Crippen LogP contribution in [0.15, 0.2) is 0 Å². The Balaban J connectivity index is 3.85. The Bertz CT molecular complexity index is 110. The molecule has 54 valence electrons. The molecular formula is C6H14N2O. The van der Waals surface area contributed by atoms with E-state index in [0.717, 1.165) is 0 Å². The van der Waals surface area contributed by atoms with Crippen LogP contribution in [0.4, 0.5) is 0 Å². The highest BCUT2D eigenvalue weighted by Crippen LogP contribution is 2.00. The lowest BCUT2D eigenvalue weighted by Gasteiger charge is -2.21. The molecule has 0 aromatic rings. The maximum atomic E-state index is 10.7. The molecule has 0 unspecified atom stereocenters. The lowest BCUT2D eigenvalue weighted by Crippen LogP contribution is -2.47. The fraction of sp³-hybridized carbons (Fsp3) is 0.833. The molecule has 0 atom stereocenters. The zero-order chi connectivity index (χ0) is 7.49. The van der Waals surface area contributed by atoms with E-state index in [2.05, 4.69) is 5.32 Å². The zero-order valence-electron chi connectivity index (χ0n) is 6.19. The van der Waals surface area contributed by atoms with Crippen LogP contribution < -0.4 is 11.1 Å². The maximum absolute atomic E-state index is 10.7. The van der Waals surface area contributed by atoms with Crippen LogP contribution in [0.2, 0.25) is 0 Å². The summed E-state index contributed by atoms with van der Waals surface area (Å²) in [5.74, 6) is 0.105. The fourth-order valence-corrected chi connectivity index (χ4v) is 0.380. The highest BCUT2D eigenvalue weighted by Gasteiger charge is 2.20. The van der Waals surface area contributed by atoms with Crippen molar-refractivity contribution in [1.29, 1.82) is 0 Å². The minimum atomic E-state index is -0.464. The van der Waals surface area contributed by atoms with Crippen molar-refractivity contribution in [3.8, 4) is 0 Å². The van der Waals surface area contributed by atoms with Crippen LogP contribution in [0.1, 0.15) is 20.8 Å². The summed E-state index contributed by atoms with van der Waals surface area (Å²) >= 11 is 0. The van der Waals surface area contributed by atoms with Gasteiger partial charge in [-0.3, -0.25) is 10.1 Å². The van der Waals surface area contributed by atoms with Crippen molar-refractivity contribution in [2.24, 2.45) is 5.73 Å². The Kier molecular flexibility index (Phi) is 2.81. The van der Waals surface area contributed by atoms with E-state index in [9.17, 15) is 4.79 Å². The van der Waals surface area contributed by atoms with Gasteiger partial charge < -0.3 is 5.73 Å². The number of hydrogen-bond acceptors (Lipinski definition) is 3. The maximum Gasteiger partial charge on any atom is 0.149 e. The molecule has 3 nitrogen and oxygen atoms in total. The van der Waals surface area contributed by atoms with Gasteiger partial charge in [0.15, 0.2) is 0 Å². The molecule has 0 saturated heterocycles. The third-order valence-electron chi connectivity index (χ3n) is 1.42. The Morgan fingerprint density at radius 2 is 2.11 bits per heavy atom. The van der Waals surface area contributed by atoms with Crippen molar-refractivity contribution in [1.82, 2.24) is 5.32 Å². The largest absolute Gasteiger partial charge is 0.318 e. The summed E-state index contributed by atoms with van der Waals surface area (Å²) in [6.07, 6.45) is 0. The van der Waals surface area contributed by atoms with E-state index in [0.29, 0.717) is 6.67 Å². The molecule has 9 heavy (non-hydrogen) atoms. The molecule has 0 aliphatic heterocycles. The third-order valence-corrected chi connectivity index (χ3v) is 1.42. The molecule has 0 radical (unpaired) electrons. The van der Waals surface area contributed by atoms with Gasteiger partial charge in [0.2, 0.25) is 0 Å². The summed E-state index contributed by atoms with van der Waals surface area (Å²) in [6.45, 7) is 5.50. The van der Waals surface area contributed by atoms with Gasteiger partial charge in [-0.1, -0.05) is 0 Å². The number of rotatable bonds is 3. The van der Waals surface area contributed by atoms with Crippen molar-refractivity contribution >= 4 is 5.78 Å². The average molecular weight is 130 g/mol. The van der Waals surface area contributed by atoms with E-state index in [-0.39, 0.29) is 5.78 Å². The topological polar surface area (TPSA) is 55.1 Å². The molecule has 3 N–H and O–H groups in total. The Morgan fingerprint density at radius 3 is 2.22 bits per heavy atom. The smallest absolute Gasteiger partial charge is 0.149 e. The molecule has 0 rings (SSSR count). The molecule has 0 saturated carbocycles. The van der Waals surface area contributed by atoms with E-state index in [4.69, 9.17) is 5.73 Å². The Labute approximate surface area is 55.6 Å². The molecular weight excluding hydrogens is 116 g/mol. The van der Waals surface area contributed by atoms with E-state index < -0.39 is 5.54 Å². The second-order valence-corrected chi connectivity index (χ2v) is 2.56. The quantitative estimate of drug-likeness (QED) is 0.523. The number of carbonyl (C=O) groups excluding carboxylic acids is 1. The van der Waals surface area contributed by atoms with E-state index >= 15 is 0 Å². The van der Waals surface area contributed by atoms with Gasteiger partial charge in [-0.2, -0.15) is 0 Å². The van der Waals surface area contributed by atoms with Gasteiger partial charge in [-0.15, -0.1) is 0 Å². The number of carbonyl (C=O) groups is 1. The molecule has 0 amide bonds. The standard InChI is InChI=1S/C6H14N2O/c1-5(9)6(2,3)8-4-7/h8H,4,7H2,1-3H3. The summed E-state index contributed by atoms with van der Waals surface area (Å²) in [4.78, 5) is 10.7. The second kappa shape index (κ2) is 2.94. The first-order valence-electron chi connectivity index (χ1n) is 2.97. The minimum Gasteiger partial charge on any atom is -0.318 e. The first-order valence-corrected chi connectivity index (χ1v) is 2.97. The van der Waals surface area contributed by atoms with E-state index in [1.807, 2.05) is 13.8 Å². The van der Waals surface area contributed by atoms with Gasteiger partial charge in [-0.25, -0.2) is 0 Å². The SMILES string of the molecule is CC(=O)C(C)(C)NCN. The average Bonchev–Trinajstić information content (AvgIpc) is 1.65. The fourth-order valence-electron chi connectivity index (χ4n) is 0.380. The highest BCUT2D eigenvalue weighted by molar-refractivity contribution is 5.85. The molecule has 0 aliphatic carbocycles. The number of hydrogen-bond donors (Lipinski definition) is 2. The summed E-state index contributed by atoms with van der Waals surface area (Å²) < 4.78 is 0. The Hall–Kier alpha value is -0.410. The lowest BCUT2D eigenvalue weighted by atomic mass is 10.0. The number of Topliss-reactive ketones (excluding diaryl/α,β-unsaturated/α-hetero) is 1. The molecule has 0 fully saturated rings. The van der Waals surface area contributed by atoms with Crippen LogP contribution in [0.5, 0.6) is 0 Å². The predicted octanol–water partition coefficient (Wildman–Crippen LogP) is -0.140. The molecule has 0 spiro atoms. The summed E-state index contributed by atoms with van der Waals surface area (Å²) in [5, 5.41) is 2.85. The molecule has 0 aliphatic rings. The van der Waals surface area contributed by atoms with Crippen LogP contribution in [0.3, 0.4) is 0 Å². The Morgan fingerprint density at radius 1 is 1.67 bits per heavy atom. The first kappa shape index (κ1) is 8.59. The van der Waals surface area contributed by atoms with E-state index in [1.54, 1.807) is 6.92 Å². The third kappa shape index (κ3) is 2.58. The predicted molar refractivity (Wildman–Crippen MR) is 37.0 cm³/mol. The summed E-state index contributed by atoms with van der Waals surface area (Å²) in [5.41, 5.74) is 4.73. The molecule has 0 heterocycles. The van der Waals surface area contributed by atoms with Crippen LogP contribution in [-0.4, -0.2) is 18.0 Å². The minimum absolute atomic E-state index is 0.105. The number of nitrogens with one attached hydrogen (secondary N) is 1. The summed E-state index contributed by atoms with van der Waals surface area (Å²) in [7, 11) is 0. The van der Waals surface area contributed by atoms with Gasteiger partial charge in [0.25, 0.3) is 0 Å². The second-order valence-electron chi connectivity index (χ2n) is 2.56. The zero-order valence-corrected chi connectivity index (χ0v) is 6.19. The van der Waals surface area contributed by atoms with Gasteiger partial charge in [0, 0.05) is 6.67 Å². The van der Waals surface area contributed by atoms with Crippen molar-refractivity contribution in [2.45, 2.75) is 26.3 Å². The molecule has 0 aromatic carbocycles. The van der Waals surface area contributed by atoms with Gasteiger partial charge in [-0.05, 0) is 20.8 Å². The van der Waals surface area contributed by atoms with Crippen LogP contribution in [0.25, 0.3) is 0 Å². The van der Waals surface area contributed by atoms with Gasteiger partial charge >= 0.3 is 0 Å².